The van der Waals surface area contributed by atoms with E-state index in [1.165, 1.54) is 18.8 Å². The Balaban J connectivity index is -0.00000112. The summed E-state index contributed by atoms with van der Waals surface area (Å²) in [6.45, 7) is 15.3. The number of hydrogen-bond acceptors (Lipinski definition) is 5. The van der Waals surface area contributed by atoms with Gasteiger partial charge in [0.25, 0.3) is 0 Å². The summed E-state index contributed by atoms with van der Waals surface area (Å²) in [6, 6.07) is -0.590. The second-order valence-corrected chi connectivity index (χ2v) is 6.76. The third kappa shape index (κ3) is 14.9. The van der Waals surface area contributed by atoms with Gasteiger partial charge >= 0.3 is 0 Å². The van der Waals surface area contributed by atoms with Gasteiger partial charge in [-0.1, -0.05) is 41.5 Å². The molecule has 0 saturated carbocycles. The van der Waals surface area contributed by atoms with Gasteiger partial charge in [0, 0.05) is 31.2 Å². The predicted octanol–water partition coefficient (Wildman–Crippen LogP) is 2.35. The number of nitrogens with two attached hydrogens (primary N) is 1. The molecule has 0 aliphatic rings. The first-order valence-electron chi connectivity index (χ1n) is 9.10. The van der Waals surface area contributed by atoms with Gasteiger partial charge in [0.1, 0.15) is 0 Å². The van der Waals surface area contributed by atoms with E-state index in [0.29, 0.717) is 5.75 Å². The Morgan fingerprint density at radius 2 is 1.48 bits per heavy atom. The third-order valence-electron chi connectivity index (χ3n) is 2.77. The number of carbonyl (C=O) groups excluding carboxylic acids is 3. The zero-order chi connectivity index (χ0) is 20.6. The number of ketones is 1. The van der Waals surface area contributed by atoms with Crippen LogP contribution in [0.25, 0.3) is 0 Å². The fourth-order valence-corrected chi connectivity index (χ4v) is 2.81. The fraction of sp³-hybridized carbons (Fsp3) is 0.833. The molecular formula is C18H39N3O3S. The van der Waals surface area contributed by atoms with E-state index >= 15 is 0 Å². The van der Waals surface area contributed by atoms with E-state index in [1.807, 2.05) is 41.5 Å². The number of rotatable bonds is 9. The van der Waals surface area contributed by atoms with Crippen molar-refractivity contribution in [3.63, 3.8) is 0 Å². The van der Waals surface area contributed by atoms with Gasteiger partial charge in [0.15, 0.2) is 5.78 Å². The summed E-state index contributed by atoms with van der Waals surface area (Å²) in [4.78, 5) is 35.3. The fourth-order valence-electron chi connectivity index (χ4n) is 1.67. The average Bonchev–Trinajstić information content (AvgIpc) is 2.59. The Bertz CT molecular complexity index is 375. The van der Waals surface area contributed by atoms with E-state index in [1.54, 1.807) is 13.8 Å². The highest BCUT2D eigenvalue weighted by molar-refractivity contribution is 8.00. The molecule has 0 saturated heterocycles. The molecule has 0 rings (SSSR count). The van der Waals surface area contributed by atoms with Crippen LogP contribution in [0.15, 0.2) is 0 Å². The third-order valence-corrected chi connectivity index (χ3v) is 4.11. The summed E-state index contributed by atoms with van der Waals surface area (Å²) in [6.07, 6.45) is 0.0745. The van der Waals surface area contributed by atoms with Crippen LogP contribution < -0.4 is 16.4 Å². The van der Waals surface area contributed by atoms with Crippen molar-refractivity contribution in [2.24, 2.45) is 11.7 Å². The van der Waals surface area contributed by atoms with Gasteiger partial charge in [-0.2, -0.15) is 0 Å². The summed E-state index contributed by atoms with van der Waals surface area (Å²) < 4.78 is 0. The van der Waals surface area contributed by atoms with Crippen LogP contribution in [0.4, 0.5) is 0 Å². The zero-order valence-electron chi connectivity index (χ0n) is 17.4. The lowest BCUT2D eigenvalue weighted by Crippen LogP contribution is -2.40. The normalized spacial score (nSPS) is 12.2. The first-order valence-corrected chi connectivity index (χ1v) is 10.2. The minimum Gasteiger partial charge on any atom is -0.358 e. The smallest absolute Gasteiger partial charge is 0.233 e. The van der Waals surface area contributed by atoms with Crippen molar-refractivity contribution >= 4 is 29.4 Å². The highest BCUT2D eigenvalue weighted by Crippen LogP contribution is 2.17. The maximum Gasteiger partial charge on any atom is 0.233 e. The summed E-state index contributed by atoms with van der Waals surface area (Å²) in [5.41, 5.74) is 5.82. The topological polar surface area (TPSA) is 101 Å². The molecule has 2 amide bonds. The van der Waals surface area contributed by atoms with Gasteiger partial charge < -0.3 is 16.4 Å². The van der Waals surface area contributed by atoms with E-state index < -0.39 is 11.3 Å². The Morgan fingerprint density at radius 1 is 1.00 bits per heavy atom. The van der Waals surface area contributed by atoms with Crippen molar-refractivity contribution in [1.82, 2.24) is 10.6 Å². The minimum absolute atomic E-state index is 0.0256. The van der Waals surface area contributed by atoms with Crippen molar-refractivity contribution in [2.75, 3.05) is 12.8 Å². The highest BCUT2D eigenvalue weighted by atomic mass is 32.2. The molecule has 0 radical (unpaired) electrons. The monoisotopic (exact) mass is 377 g/mol. The van der Waals surface area contributed by atoms with Crippen LogP contribution in [0, 0.1) is 5.92 Å². The SMILES string of the molecule is CC.CC.CNC(=O)C(CC(=O)NC(C)C)SCC(N)C(=O)C(C)C. The summed E-state index contributed by atoms with van der Waals surface area (Å²) in [5.74, 6) is -0.268. The van der Waals surface area contributed by atoms with E-state index in [9.17, 15) is 14.4 Å². The van der Waals surface area contributed by atoms with Gasteiger partial charge in [-0.05, 0) is 13.8 Å². The van der Waals surface area contributed by atoms with Gasteiger partial charge in [-0.25, -0.2) is 0 Å². The molecule has 0 aromatic carbocycles. The highest BCUT2D eigenvalue weighted by Gasteiger charge is 2.25. The first kappa shape index (κ1) is 28.7. The Kier molecular flexibility index (Phi) is 20.4. The van der Waals surface area contributed by atoms with Crippen LogP contribution >= 0.6 is 11.8 Å². The van der Waals surface area contributed by atoms with E-state index in [-0.39, 0.29) is 36.0 Å². The molecule has 0 aromatic rings. The molecule has 0 aliphatic heterocycles. The Morgan fingerprint density at radius 3 is 1.84 bits per heavy atom. The number of hydrogen-bond donors (Lipinski definition) is 3. The molecule has 0 aromatic heterocycles. The predicted molar refractivity (Wildman–Crippen MR) is 109 cm³/mol. The van der Waals surface area contributed by atoms with Crippen molar-refractivity contribution in [1.29, 1.82) is 0 Å². The molecule has 2 unspecified atom stereocenters. The van der Waals surface area contributed by atoms with Crippen LogP contribution in [0.1, 0.15) is 61.8 Å². The molecule has 0 heterocycles. The molecular weight excluding hydrogens is 338 g/mol. The van der Waals surface area contributed by atoms with Gasteiger partial charge in [0.2, 0.25) is 11.8 Å². The molecule has 0 aliphatic carbocycles. The molecule has 2 atom stereocenters. The Labute approximate surface area is 158 Å². The summed E-state index contributed by atoms with van der Waals surface area (Å²) in [5, 5.41) is 4.74. The van der Waals surface area contributed by atoms with Crippen molar-refractivity contribution in [3.05, 3.63) is 0 Å². The molecule has 4 N–H and O–H groups in total. The van der Waals surface area contributed by atoms with Gasteiger partial charge in [-0.3, -0.25) is 14.4 Å². The van der Waals surface area contributed by atoms with Crippen LogP contribution in [0.3, 0.4) is 0 Å². The maximum atomic E-state index is 11.8. The number of Topliss-reactive ketones (excluding diaryl/α,β-unsaturated/α-hetero) is 1. The number of nitrogens with one attached hydrogen (secondary N) is 2. The quantitative estimate of drug-likeness (QED) is 0.572. The maximum absolute atomic E-state index is 11.8. The molecule has 7 heteroatoms. The largest absolute Gasteiger partial charge is 0.358 e. The van der Waals surface area contributed by atoms with E-state index in [2.05, 4.69) is 10.6 Å². The van der Waals surface area contributed by atoms with Crippen molar-refractivity contribution < 1.29 is 14.4 Å². The number of carbonyl (C=O) groups is 3. The zero-order valence-corrected chi connectivity index (χ0v) is 18.3. The van der Waals surface area contributed by atoms with Crippen LogP contribution in [-0.2, 0) is 14.4 Å². The van der Waals surface area contributed by atoms with Crippen molar-refractivity contribution in [2.45, 2.75) is 79.1 Å². The molecule has 25 heavy (non-hydrogen) atoms. The minimum atomic E-state index is -0.615. The standard InChI is InChI=1S/C14H27N3O3S.2C2H6/c1-8(2)13(19)10(15)7-21-11(14(20)16-5)6-12(18)17-9(3)4;2*1-2/h8-11H,6-7,15H2,1-5H3,(H,16,20)(H,17,18);2*1-2H3. The molecule has 6 nitrogen and oxygen atoms in total. The lowest BCUT2D eigenvalue weighted by Gasteiger charge is -2.18. The van der Waals surface area contributed by atoms with Crippen LogP contribution in [0.5, 0.6) is 0 Å². The summed E-state index contributed by atoms with van der Waals surface area (Å²) in [7, 11) is 1.52. The summed E-state index contributed by atoms with van der Waals surface area (Å²) >= 11 is 1.24. The van der Waals surface area contributed by atoms with Crippen LogP contribution in [0.2, 0.25) is 0 Å². The van der Waals surface area contributed by atoms with Gasteiger partial charge in [-0.15, -0.1) is 11.8 Å². The molecule has 0 fully saturated rings. The lowest BCUT2D eigenvalue weighted by atomic mass is 10.0. The Hall–Kier alpha value is -1.08. The molecule has 150 valence electrons. The second kappa shape index (κ2) is 17.7. The molecule has 0 spiro atoms. The van der Waals surface area contributed by atoms with E-state index in [4.69, 9.17) is 5.73 Å². The van der Waals surface area contributed by atoms with Crippen LogP contribution in [-0.4, -0.2) is 47.7 Å². The second-order valence-electron chi connectivity index (χ2n) is 5.53. The lowest BCUT2D eigenvalue weighted by molar-refractivity contribution is -0.126. The first-order chi connectivity index (χ1) is 11.7. The number of thioether (sulfide) groups is 1. The number of amides is 2. The average molecular weight is 378 g/mol. The van der Waals surface area contributed by atoms with Gasteiger partial charge in [0.05, 0.1) is 11.3 Å². The van der Waals surface area contributed by atoms with Crippen molar-refractivity contribution in [3.8, 4) is 0 Å². The molecule has 0 bridgehead atoms. The van der Waals surface area contributed by atoms with E-state index in [0.717, 1.165) is 0 Å².